The molecule has 134 valence electrons. The maximum Gasteiger partial charge on any atom is 0.203 e. The second kappa shape index (κ2) is 8.82. The predicted molar refractivity (Wildman–Crippen MR) is 97.2 cm³/mol. The lowest BCUT2D eigenvalue weighted by molar-refractivity contribution is 0.315. The summed E-state index contributed by atoms with van der Waals surface area (Å²) in [4.78, 5) is 4.38. The number of aliphatic imine (C=N–C) groups is 1. The molecule has 0 aliphatic heterocycles. The highest BCUT2D eigenvalue weighted by molar-refractivity contribution is 5.86. The van der Waals surface area contributed by atoms with Gasteiger partial charge in [0.1, 0.15) is 11.5 Å². The molecule has 2 aromatic carbocycles. The third-order valence-electron chi connectivity index (χ3n) is 3.48. The average molecular weight is 345 g/mol. The number of ether oxygens (including phenoxy) is 4. The first-order valence-electron chi connectivity index (χ1n) is 7.92. The van der Waals surface area contributed by atoms with Gasteiger partial charge < -0.3 is 24.1 Å². The SMILES string of the molecule is CCCOc1ccc(C=Nc2cc(OC)c(OC)c(OC)c2)c(O)c1. The van der Waals surface area contributed by atoms with Crippen LogP contribution in [0.3, 0.4) is 0 Å². The minimum absolute atomic E-state index is 0.102. The Morgan fingerprint density at radius 3 is 2.20 bits per heavy atom. The topological polar surface area (TPSA) is 69.5 Å². The molecule has 0 aliphatic carbocycles. The van der Waals surface area contributed by atoms with Crippen LogP contribution in [0, 0.1) is 0 Å². The third kappa shape index (κ3) is 4.56. The van der Waals surface area contributed by atoms with Crippen molar-refractivity contribution in [2.75, 3.05) is 27.9 Å². The normalized spacial score (nSPS) is 10.7. The van der Waals surface area contributed by atoms with Gasteiger partial charge in [0.15, 0.2) is 11.5 Å². The summed E-state index contributed by atoms with van der Waals surface area (Å²) < 4.78 is 21.4. The Hall–Kier alpha value is -2.89. The van der Waals surface area contributed by atoms with Crippen LogP contribution in [0.5, 0.6) is 28.7 Å². The van der Waals surface area contributed by atoms with Crippen LogP contribution in [-0.4, -0.2) is 39.3 Å². The van der Waals surface area contributed by atoms with Gasteiger partial charge in [0, 0.05) is 30.0 Å². The Labute approximate surface area is 147 Å². The van der Waals surface area contributed by atoms with Crippen molar-refractivity contribution in [3.05, 3.63) is 35.9 Å². The van der Waals surface area contributed by atoms with E-state index in [0.717, 1.165) is 6.42 Å². The molecule has 0 fully saturated rings. The van der Waals surface area contributed by atoms with Crippen molar-refractivity contribution in [2.24, 2.45) is 4.99 Å². The molecule has 6 heteroatoms. The molecule has 0 aliphatic rings. The molecule has 0 bridgehead atoms. The van der Waals surface area contributed by atoms with E-state index < -0.39 is 0 Å². The average Bonchev–Trinajstić information content (AvgIpc) is 2.64. The zero-order valence-corrected chi connectivity index (χ0v) is 14.9. The van der Waals surface area contributed by atoms with Gasteiger partial charge in [0.2, 0.25) is 5.75 Å². The third-order valence-corrected chi connectivity index (χ3v) is 3.48. The summed E-state index contributed by atoms with van der Waals surface area (Å²) in [7, 11) is 4.64. The molecule has 6 nitrogen and oxygen atoms in total. The zero-order valence-electron chi connectivity index (χ0n) is 14.9. The van der Waals surface area contributed by atoms with Gasteiger partial charge in [-0.15, -0.1) is 0 Å². The van der Waals surface area contributed by atoms with Crippen molar-refractivity contribution in [3.8, 4) is 28.7 Å². The van der Waals surface area contributed by atoms with Gasteiger partial charge in [-0.3, -0.25) is 4.99 Å². The summed E-state index contributed by atoms with van der Waals surface area (Å²) in [5.41, 5.74) is 1.19. The molecule has 0 unspecified atom stereocenters. The Balaban J connectivity index is 2.27. The van der Waals surface area contributed by atoms with E-state index in [1.165, 1.54) is 0 Å². The molecular weight excluding hydrogens is 322 g/mol. The van der Waals surface area contributed by atoms with Gasteiger partial charge in [0.05, 0.1) is 33.6 Å². The molecule has 0 amide bonds. The summed E-state index contributed by atoms with van der Waals surface area (Å²) in [6.45, 7) is 2.64. The summed E-state index contributed by atoms with van der Waals surface area (Å²) in [6, 6.07) is 8.58. The number of phenols is 1. The van der Waals surface area contributed by atoms with Crippen LogP contribution in [-0.2, 0) is 0 Å². The fourth-order valence-electron chi connectivity index (χ4n) is 2.23. The van der Waals surface area contributed by atoms with E-state index in [1.807, 2.05) is 6.92 Å². The van der Waals surface area contributed by atoms with Crippen molar-refractivity contribution < 1.29 is 24.1 Å². The van der Waals surface area contributed by atoms with Crippen molar-refractivity contribution in [2.45, 2.75) is 13.3 Å². The van der Waals surface area contributed by atoms with Gasteiger partial charge in [-0.25, -0.2) is 0 Å². The lowest BCUT2D eigenvalue weighted by atomic mass is 10.2. The quantitative estimate of drug-likeness (QED) is 0.734. The van der Waals surface area contributed by atoms with E-state index >= 15 is 0 Å². The van der Waals surface area contributed by atoms with Crippen molar-refractivity contribution >= 4 is 11.9 Å². The van der Waals surface area contributed by atoms with Gasteiger partial charge in [-0.2, -0.15) is 0 Å². The first-order chi connectivity index (χ1) is 12.1. The van der Waals surface area contributed by atoms with E-state index in [0.29, 0.717) is 40.9 Å². The number of hydrogen-bond donors (Lipinski definition) is 1. The number of rotatable bonds is 8. The molecule has 2 aromatic rings. The summed E-state index contributed by atoms with van der Waals surface area (Å²) >= 11 is 0. The molecule has 0 atom stereocenters. The molecule has 0 saturated carbocycles. The lowest BCUT2D eigenvalue weighted by Crippen LogP contribution is -1.95. The standard InChI is InChI=1S/C19H23NO5/c1-5-8-25-15-7-6-13(16(21)11-15)12-20-14-9-17(22-2)19(24-4)18(10-14)23-3/h6-7,9-12,21H,5,8H2,1-4H3. The fourth-order valence-corrected chi connectivity index (χ4v) is 2.23. The first-order valence-corrected chi connectivity index (χ1v) is 7.92. The van der Waals surface area contributed by atoms with Crippen molar-refractivity contribution in [1.29, 1.82) is 0 Å². The maximum absolute atomic E-state index is 10.1. The molecular formula is C19H23NO5. The molecule has 0 heterocycles. The molecule has 0 radical (unpaired) electrons. The number of hydrogen-bond acceptors (Lipinski definition) is 6. The highest BCUT2D eigenvalue weighted by Crippen LogP contribution is 2.40. The van der Waals surface area contributed by atoms with Crippen molar-refractivity contribution in [3.63, 3.8) is 0 Å². The Kier molecular flexibility index (Phi) is 6.51. The highest BCUT2D eigenvalue weighted by atomic mass is 16.5. The highest BCUT2D eigenvalue weighted by Gasteiger charge is 2.12. The van der Waals surface area contributed by atoms with Crippen LogP contribution < -0.4 is 18.9 Å². The maximum atomic E-state index is 10.1. The largest absolute Gasteiger partial charge is 0.507 e. The molecule has 0 aromatic heterocycles. The summed E-state index contributed by atoms with van der Waals surface area (Å²) in [6.07, 6.45) is 2.48. The number of nitrogens with zero attached hydrogens (tertiary/aromatic N) is 1. The minimum atomic E-state index is 0.102. The van der Waals surface area contributed by atoms with Gasteiger partial charge in [0.25, 0.3) is 0 Å². The monoisotopic (exact) mass is 345 g/mol. The second-order valence-electron chi connectivity index (χ2n) is 5.21. The van der Waals surface area contributed by atoms with E-state index in [1.54, 1.807) is 57.9 Å². The number of aromatic hydroxyl groups is 1. The van der Waals surface area contributed by atoms with Crippen LogP contribution in [0.15, 0.2) is 35.3 Å². The Morgan fingerprint density at radius 1 is 1.00 bits per heavy atom. The van der Waals surface area contributed by atoms with Crippen molar-refractivity contribution in [1.82, 2.24) is 0 Å². The minimum Gasteiger partial charge on any atom is -0.507 e. The Morgan fingerprint density at radius 2 is 1.68 bits per heavy atom. The molecule has 2 rings (SSSR count). The molecule has 0 spiro atoms. The van der Waals surface area contributed by atoms with E-state index in [9.17, 15) is 5.11 Å². The lowest BCUT2D eigenvalue weighted by Gasteiger charge is -2.12. The van der Waals surface area contributed by atoms with Crippen LogP contribution in [0.2, 0.25) is 0 Å². The van der Waals surface area contributed by atoms with E-state index in [2.05, 4.69) is 4.99 Å². The summed E-state index contributed by atoms with van der Waals surface area (Å²) in [5.74, 6) is 2.27. The number of methoxy groups -OCH3 is 3. The van der Waals surface area contributed by atoms with E-state index in [4.69, 9.17) is 18.9 Å². The zero-order chi connectivity index (χ0) is 18.2. The van der Waals surface area contributed by atoms with Gasteiger partial charge >= 0.3 is 0 Å². The van der Waals surface area contributed by atoms with Gasteiger partial charge in [-0.05, 0) is 18.6 Å². The summed E-state index contributed by atoms with van der Waals surface area (Å²) in [5, 5.41) is 10.1. The second-order valence-corrected chi connectivity index (χ2v) is 5.21. The number of benzene rings is 2. The predicted octanol–water partition coefficient (Wildman–Crippen LogP) is 3.96. The first kappa shape index (κ1) is 18.4. The molecule has 0 saturated heterocycles. The van der Waals surface area contributed by atoms with E-state index in [-0.39, 0.29) is 5.75 Å². The Bertz CT molecular complexity index is 718. The van der Waals surface area contributed by atoms with Crippen LogP contribution >= 0.6 is 0 Å². The molecule has 25 heavy (non-hydrogen) atoms. The fraction of sp³-hybridized carbons (Fsp3) is 0.316. The van der Waals surface area contributed by atoms with Crippen LogP contribution in [0.4, 0.5) is 5.69 Å². The smallest absolute Gasteiger partial charge is 0.203 e. The van der Waals surface area contributed by atoms with Gasteiger partial charge in [-0.1, -0.05) is 6.92 Å². The number of phenolic OH excluding ortho intramolecular Hbond substituents is 1. The van der Waals surface area contributed by atoms with Crippen LogP contribution in [0.25, 0.3) is 0 Å². The van der Waals surface area contributed by atoms with Crippen LogP contribution in [0.1, 0.15) is 18.9 Å². The molecule has 1 N–H and O–H groups in total.